The Morgan fingerprint density at radius 3 is 2.45 bits per heavy atom. The minimum absolute atomic E-state index is 0.259. The number of benzene rings is 1. The Kier molecular flexibility index (Phi) is 7.55. The fourth-order valence-electron chi connectivity index (χ4n) is 8.58. The Morgan fingerprint density at radius 2 is 1.74 bits per heavy atom. The lowest BCUT2D eigenvalue weighted by Crippen LogP contribution is -2.53. The molecule has 5 rings (SSSR count). The Hall–Kier alpha value is -2.13. The fraction of sp³-hybridized carbons (Fsp3) is 0.629. The van der Waals surface area contributed by atoms with E-state index in [9.17, 15) is 9.90 Å². The zero-order valence-corrected chi connectivity index (χ0v) is 24.3. The molecule has 1 N–H and O–H groups in total. The van der Waals surface area contributed by atoms with Crippen molar-refractivity contribution in [1.82, 2.24) is 0 Å². The number of esters is 1. The zero-order chi connectivity index (χ0) is 27.2. The molecule has 0 spiro atoms. The third-order valence-electron chi connectivity index (χ3n) is 11.4. The highest BCUT2D eigenvalue weighted by Gasteiger charge is 2.59. The van der Waals surface area contributed by atoms with Crippen LogP contribution in [0.1, 0.15) is 90.4 Å². The number of fused-ring (bicyclic) bond motifs is 5. The fourth-order valence-corrected chi connectivity index (χ4v) is 8.58. The lowest BCUT2D eigenvalue weighted by atomic mass is 9.49. The number of allylic oxidation sites excluding steroid dienone is 5. The molecule has 4 aliphatic carbocycles. The number of carbonyl (C=O) groups is 1. The number of rotatable bonds is 6. The van der Waals surface area contributed by atoms with Gasteiger partial charge in [0.1, 0.15) is 6.10 Å². The van der Waals surface area contributed by atoms with Crippen LogP contribution in [0.4, 0.5) is 0 Å². The maximum Gasteiger partial charge on any atom is 0.338 e. The summed E-state index contributed by atoms with van der Waals surface area (Å²) in [7, 11) is 0. The summed E-state index contributed by atoms with van der Waals surface area (Å²) in [6.07, 6.45) is 14.9. The van der Waals surface area contributed by atoms with Crippen molar-refractivity contribution in [3.05, 3.63) is 71.3 Å². The maximum atomic E-state index is 13.2. The maximum absolute atomic E-state index is 13.2. The first-order chi connectivity index (χ1) is 18.1. The minimum Gasteiger partial charge on any atom is -0.458 e. The Labute approximate surface area is 230 Å². The van der Waals surface area contributed by atoms with E-state index in [2.05, 4.69) is 65.8 Å². The van der Waals surface area contributed by atoms with E-state index in [0.717, 1.165) is 6.42 Å². The van der Waals surface area contributed by atoms with Gasteiger partial charge in [0.05, 0.1) is 11.7 Å². The van der Waals surface area contributed by atoms with Gasteiger partial charge in [0.2, 0.25) is 0 Å². The zero-order valence-electron chi connectivity index (χ0n) is 24.3. The molecular weight excluding hydrogens is 468 g/mol. The van der Waals surface area contributed by atoms with Crippen molar-refractivity contribution < 1.29 is 14.6 Å². The number of hydrogen-bond donors (Lipinski definition) is 1. The van der Waals surface area contributed by atoms with Crippen LogP contribution in [0.15, 0.2) is 65.8 Å². The molecule has 3 heteroatoms. The van der Waals surface area contributed by atoms with E-state index in [1.807, 2.05) is 30.3 Å². The van der Waals surface area contributed by atoms with Gasteiger partial charge in [0.25, 0.3) is 0 Å². The highest BCUT2D eigenvalue weighted by molar-refractivity contribution is 5.89. The van der Waals surface area contributed by atoms with Gasteiger partial charge in [-0.1, -0.05) is 95.2 Å². The van der Waals surface area contributed by atoms with Crippen molar-refractivity contribution >= 4 is 5.97 Å². The molecule has 1 aromatic carbocycles. The molecule has 0 amide bonds. The van der Waals surface area contributed by atoms with Crippen molar-refractivity contribution in [3.8, 4) is 0 Å². The normalized spacial score (nSPS) is 38.1. The standard InChI is InChI=1S/C35H48O3/c1-22(2)23(3)12-13-24(4)29-16-17-30-28-15-14-26-20-27(36)21-32(38-33(37)25-10-8-7-9-11-25)35(26,6)31(28)18-19-34(29,30)5/h7-15,22-24,27,29-32,36H,16-21H2,1-6H3/b13-12+/t23-,24+,27-,29+,30-,31+,32?,34+,35+/m0/s1. The van der Waals surface area contributed by atoms with Crippen LogP contribution in [0.5, 0.6) is 0 Å². The number of carbonyl (C=O) groups excluding carboxylic acids is 1. The molecule has 3 fully saturated rings. The predicted molar refractivity (Wildman–Crippen MR) is 155 cm³/mol. The van der Waals surface area contributed by atoms with Gasteiger partial charge in [-0.25, -0.2) is 4.79 Å². The summed E-state index contributed by atoms with van der Waals surface area (Å²) >= 11 is 0. The molecule has 206 valence electrons. The van der Waals surface area contributed by atoms with E-state index < -0.39 is 6.10 Å². The highest BCUT2D eigenvalue weighted by Crippen LogP contribution is 2.66. The van der Waals surface area contributed by atoms with Crippen molar-refractivity contribution in [2.45, 2.75) is 92.3 Å². The second kappa shape index (κ2) is 10.5. The van der Waals surface area contributed by atoms with E-state index in [4.69, 9.17) is 4.74 Å². The molecule has 3 saturated carbocycles. The number of aliphatic hydroxyl groups excluding tert-OH is 1. The summed E-state index contributed by atoms with van der Waals surface area (Å²) in [5.41, 5.74) is 3.46. The summed E-state index contributed by atoms with van der Waals surface area (Å²) in [6.45, 7) is 14.3. The largest absolute Gasteiger partial charge is 0.458 e. The van der Waals surface area contributed by atoms with Crippen LogP contribution >= 0.6 is 0 Å². The monoisotopic (exact) mass is 516 g/mol. The number of ether oxygens (including phenoxy) is 1. The molecule has 0 aromatic heterocycles. The average molecular weight is 517 g/mol. The molecule has 1 unspecified atom stereocenters. The average Bonchev–Trinajstić information content (AvgIpc) is 3.25. The minimum atomic E-state index is -0.469. The van der Waals surface area contributed by atoms with Gasteiger partial charge >= 0.3 is 5.97 Å². The van der Waals surface area contributed by atoms with Crippen LogP contribution in [-0.4, -0.2) is 23.3 Å². The molecule has 0 heterocycles. The summed E-state index contributed by atoms with van der Waals surface area (Å²) in [6, 6.07) is 9.29. The molecule has 1 aromatic rings. The molecule has 0 bridgehead atoms. The molecule has 9 atom stereocenters. The Balaban J connectivity index is 1.40. The van der Waals surface area contributed by atoms with Crippen LogP contribution in [0.25, 0.3) is 0 Å². The molecular formula is C35H48O3. The van der Waals surface area contributed by atoms with Gasteiger partial charge in [-0.15, -0.1) is 0 Å². The van der Waals surface area contributed by atoms with Crippen LogP contribution in [-0.2, 0) is 4.74 Å². The molecule has 0 radical (unpaired) electrons. The quantitative estimate of drug-likeness (QED) is 0.306. The van der Waals surface area contributed by atoms with E-state index in [-0.39, 0.29) is 17.5 Å². The first-order valence-corrected chi connectivity index (χ1v) is 15.1. The van der Waals surface area contributed by atoms with Gasteiger partial charge in [-0.3, -0.25) is 0 Å². The Bertz CT molecular complexity index is 1110. The van der Waals surface area contributed by atoms with Crippen LogP contribution < -0.4 is 0 Å². The molecule has 0 aliphatic heterocycles. The lowest BCUT2D eigenvalue weighted by molar-refractivity contribution is -0.0682. The van der Waals surface area contributed by atoms with Crippen LogP contribution in [0, 0.1) is 46.3 Å². The third-order valence-corrected chi connectivity index (χ3v) is 11.4. The second-order valence-electron chi connectivity index (χ2n) is 13.7. The van der Waals surface area contributed by atoms with Crippen molar-refractivity contribution in [1.29, 1.82) is 0 Å². The first-order valence-electron chi connectivity index (χ1n) is 15.1. The van der Waals surface area contributed by atoms with Gasteiger partial charge < -0.3 is 9.84 Å². The smallest absolute Gasteiger partial charge is 0.338 e. The van der Waals surface area contributed by atoms with E-state index in [1.165, 1.54) is 24.8 Å². The molecule has 4 aliphatic rings. The van der Waals surface area contributed by atoms with Gasteiger partial charge in [0, 0.05) is 11.8 Å². The molecule has 3 nitrogen and oxygen atoms in total. The second-order valence-corrected chi connectivity index (χ2v) is 13.7. The van der Waals surface area contributed by atoms with Gasteiger partial charge in [0.15, 0.2) is 0 Å². The van der Waals surface area contributed by atoms with E-state index in [1.54, 1.807) is 5.57 Å². The van der Waals surface area contributed by atoms with Crippen molar-refractivity contribution in [2.75, 3.05) is 0 Å². The SMILES string of the molecule is CC(C)[C@@H](C)/C=C/[C@@H](C)[C@H]1CC[C@H]2C3=CC=C4C[C@H](O)CC(OC(=O)c5ccccc5)[C@@]4(C)[C@@H]3CC[C@]12C. The van der Waals surface area contributed by atoms with E-state index >= 15 is 0 Å². The summed E-state index contributed by atoms with van der Waals surface area (Å²) in [4.78, 5) is 13.2. The number of hydrogen-bond acceptors (Lipinski definition) is 3. The first kappa shape index (κ1) is 27.4. The number of aliphatic hydroxyl groups is 1. The predicted octanol–water partition coefficient (Wildman–Crippen LogP) is 8.17. The van der Waals surface area contributed by atoms with Crippen LogP contribution in [0.2, 0.25) is 0 Å². The topological polar surface area (TPSA) is 46.5 Å². The van der Waals surface area contributed by atoms with E-state index in [0.29, 0.717) is 59.3 Å². The van der Waals surface area contributed by atoms with Crippen molar-refractivity contribution in [3.63, 3.8) is 0 Å². The molecule has 38 heavy (non-hydrogen) atoms. The van der Waals surface area contributed by atoms with Gasteiger partial charge in [-0.05, 0) is 85.2 Å². The summed E-state index contributed by atoms with van der Waals surface area (Å²) in [5, 5.41) is 10.8. The van der Waals surface area contributed by atoms with Gasteiger partial charge in [-0.2, -0.15) is 0 Å². The highest BCUT2D eigenvalue weighted by atomic mass is 16.5. The summed E-state index contributed by atoms with van der Waals surface area (Å²) < 4.78 is 6.26. The Morgan fingerprint density at radius 1 is 1.00 bits per heavy atom. The molecule has 0 saturated heterocycles. The third kappa shape index (κ3) is 4.63. The van der Waals surface area contributed by atoms with Crippen LogP contribution in [0.3, 0.4) is 0 Å². The summed E-state index contributed by atoms with van der Waals surface area (Å²) in [5.74, 6) is 3.23. The van der Waals surface area contributed by atoms with Crippen molar-refractivity contribution in [2.24, 2.45) is 46.3 Å². The lowest BCUT2D eigenvalue weighted by Gasteiger charge is -2.57.